The molecule has 1 aliphatic carbocycles. The van der Waals surface area contributed by atoms with Crippen LogP contribution in [-0.2, 0) is 16.1 Å². The minimum absolute atomic E-state index is 0.205. The number of carboxylic acid groups (broad SMARTS) is 1. The van der Waals surface area contributed by atoms with Crippen molar-refractivity contribution < 1.29 is 14.7 Å². The molecular weight excluding hydrogens is 318 g/mol. The third-order valence-corrected chi connectivity index (χ3v) is 5.26. The molecule has 1 heterocycles. The van der Waals surface area contributed by atoms with Gasteiger partial charge in [-0.3, -0.25) is 9.59 Å². The molecule has 25 heavy (non-hydrogen) atoms. The highest BCUT2D eigenvalue weighted by atomic mass is 16.4. The largest absolute Gasteiger partial charge is 0.481 e. The van der Waals surface area contributed by atoms with E-state index < -0.39 is 23.2 Å². The lowest BCUT2D eigenvalue weighted by atomic mass is 10.1. The Hall–Kier alpha value is -2.63. The molecule has 0 radical (unpaired) electrons. The van der Waals surface area contributed by atoms with Crippen LogP contribution in [0, 0.1) is 31.1 Å². The maximum absolute atomic E-state index is 12.4. The van der Waals surface area contributed by atoms with Crippen LogP contribution in [-0.4, -0.2) is 26.8 Å². The topological polar surface area (TPSA) is 84.2 Å². The Bertz CT molecular complexity index is 824. The Labute approximate surface area is 146 Å². The normalized spacial score (nSPS) is 21.0. The number of nitrogens with one attached hydrogen (secondary N) is 1. The monoisotopic (exact) mass is 341 g/mol. The number of nitrogens with zero attached hydrogens (tertiary/aromatic N) is 2. The van der Waals surface area contributed by atoms with Gasteiger partial charge in [0.05, 0.1) is 23.2 Å². The molecule has 0 spiro atoms. The highest BCUT2D eigenvalue weighted by Crippen LogP contribution is 2.58. The zero-order valence-electron chi connectivity index (χ0n) is 14.9. The van der Waals surface area contributed by atoms with Crippen molar-refractivity contribution in [2.75, 3.05) is 0 Å². The van der Waals surface area contributed by atoms with Gasteiger partial charge < -0.3 is 10.4 Å². The lowest BCUT2D eigenvalue weighted by Gasteiger charge is -2.08. The lowest BCUT2D eigenvalue weighted by molar-refractivity contribution is -0.140. The Kier molecular flexibility index (Phi) is 4.14. The molecule has 6 nitrogen and oxygen atoms in total. The first kappa shape index (κ1) is 17.2. The number of carboxylic acids is 1. The van der Waals surface area contributed by atoms with Crippen LogP contribution < -0.4 is 5.32 Å². The van der Waals surface area contributed by atoms with E-state index in [4.69, 9.17) is 0 Å². The van der Waals surface area contributed by atoms with Crippen molar-refractivity contribution in [2.24, 2.45) is 17.3 Å². The highest BCUT2D eigenvalue weighted by molar-refractivity contribution is 5.91. The number of para-hydroxylation sites is 1. The van der Waals surface area contributed by atoms with E-state index in [1.54, 1.807) is 0 Å². The molecule has 2 N–H and O–H groups in total. The highest BCUT2D eigenvalue weighted by Gasteiger charge is 2.65. The molecule has 1 saturated carbocycles. The standard InChI is InChI=1S/C19H23N3O3/c1-11-14(12(2)22(21-11)13-8-6-5-7-9-13)10-20-17(23)15-16(18(24)25)19(15,3)4/h5-9,15-16H,10H2,1-4H3,(H,20,23)(H,24,25)/t15-,16+/m0/s1. The third-order valence-electron chi connectivity index (χ3n) is 5.26. The Balaban J connectivity index is 1.74. The molecule has 0 saturated heterocycles. The summed E-state index contributed by atoms with van der Waals surface area (Å²) in [6, 6.07) is 9.81. The quantitative estimate of drug-likeness (QED) is 0.875. The fourth-order valence-electron chi connectivity index (χ4n) is 3.62. The smallest absolute Gasteiger partial charge is 0.307 e. The van der Waals surface area contributed by atoms with Crippen LogP contribution in [0.25, 0.3) is 5.69 Å². The molecule has 132 valence electrons. The number of aliphatic carboxylic acids is 1. The second-order valence-corrected chi connectivity index (χ2v) is 7.23. The lowest BCUT2D eigenvalue weighted by Crippen LogP contribution is -2.27. The van der Waals surface area contributed by atoms with Crippen molar-refractivity contribution in [3.8, 4) is 5.69 Å². The van der Waals surface area contributed by atoms with E-state index in [0.29, 0.717) is 6.54 Å². The summed E-state index contributed by atoms with van der Waals surface area (Å²) >= 11 is 0. The molecule has 2 aromatic rings. The van der Waals surface area contributed by atoms with E-state index in [0.717, 1.165) is 22.6 Å². The van der Waals surface area contributed by atoms with Crippen LogP contribution in [0.1, 0.15) is 30.8 Å². The van der Waals surface area contributed by atoms with Crippen molar-refractivity contribution in [3.63, 3.8) is 0 Å². The molecule has 1 aromatic carbocycles. The van der Waals surface area contributed by atoms with Gasteiger partial charge in [-0.25, -0.2) is 4.68 Å². The fraction of sp³-hybridized carbons (Fsp3) is 0.421. The number of aromatic nitrogens is 2. The number of aryl methyl sites for hydroxylation is 1. The van der Waals surface area contributed by atoms with Gasteiger partial charge in [0.15, 0.2) is 0 Å². The number of hydrogen-bond donors (Lipinski definition) is 2. The maximum atomic E-state index is 12.4. The third kappa shape index (κ3) is 2.92. The maximum Gasteiger partial charge on any atom is 0.307 e. The zero-order valence-corrected chi connectivity index (χ0v) is 14.9. The van der Waals surface area contributed by atoms with Crippen molar-refractivity contribution >= 4 is 11.9 Å². The van der Waals surface area contributed by atoms with Gasteiger partial charge in [-0.1, -0.05) is 32.0 Å². The Morgan fingerprint density at radius 2 is 1.84 bits per heavy atom. The summed E-state index contributed by atoms with van der Waals surface area (Å²) in [7, 11) is 0. The number of rotatable bonds is 5. The van der Waals surface area contributed by atoms with Gasteiger partial charge in [-0.2, -0.15) is 5.10 Å². The van der Waals surface area contributed by atoms with E-state index in [1.807, 2.05) is 62.7 Å². The molecule has 0 bridgehead atoms. The predicted octanol–water partition coefficient (Wildman–Crippen LogP) is 2.46. The molecule has 1 fully saturated rings. The van der Waals surface area contributed by atoms with Crippen molar-refractivity contribution in [1.82, 2.24) is 15.1 Å². The summed E-state index contributed by atoms with van der Waals surface area (Å²) in [6.07, 6.45) is 0. The van der Waals surface area contributed by atoms with Gasteiger partial charge in [-0.15, -0.1) is 0 Å². The molecular formula is C19H23N3O3. The second kappa shape index (κ2) is 6.02. The van der Waals surface area contributed by atoms with Gasteiger partial charge in [0.25, 0.3) is 0 Å². The Morgan fingerprint density at radius 1 is 1.20 bits per heavy atom. The summed E-state index contributed by atoms with van der Waals surface area (Å²) in [4.78, 5) is 23.6. The number of carbonyl (C=O) groups is 2. The average molecular weight is 341 g/mol. The molecule has 0 aliphatic heterocycles. The summed E-state index contributed by atoms with van der Waals surface area (Å²) < 4.78 is 1.86. The molecule has 1 amide bonds. The van der Waals surface area contributed by atoms with Gasteiger partial charge in [0, 0.05) is 17.8 Å². The summed E-state index contributed by atoms with van der Waals surface area (Å²) in [6.45, 7) is 7.87. The number of hydrogen-bond acceptors (Lipinski definition) is 3. The van der Waals surface area contributed by atoms with Gasteiger partial charge in [-0.05, 0) is 31.4 Å². The zero-order chi connectivity index (χ0) is 18.4. The molecule has 3 rings (SSSR count). The van der Waals surface area contributed by atoms with Crippen LogP contribution >= 0.6 is 0 Å². The first-order valence-corrected chi connectivity index (χ1v) is 8.36. The average Bonchev–Trinajstić information content (AvgIpc) is 3.04. The fourth-order valence-corrected chi connectivity index (χ4v) is 3.62. The first-order chi connectivity index (χ1) is 11.7. The number of amides is 1. The number of benzene rings is 1. The van der Waals surface area contributed by atoms with Crippen molar-refractivity contribution in [3.05, 3.63) is 47.3 Å². The summed E-state index contributed by atoms with van der Waals surface area (Å²) in [5.41, 5.74) is 3.26. The van der Waals surface area contributed by atoms with Gasteiger partial charge in [0.2, 0.25) is 5.91 Å². The number of carbonyl (C=O) groups excluding carboxylic acids is 1. The van der Waals surface area contributed by atoms with Crippen molar-refractivity contribution in [2.45, 2.75) is 34.2 Å². The minimum atomic E-state index is -0.908. The van der Waals surface area contributed by atoms with Crippen LogP contribution in [0.4, 0.5) is 0 Å². The van der Waals surface area contributed by atoms with Gasteiger partial charge >= 0.3 is 5.97 Å². The van der Waals surface area contributed by atoms with Crippen LogP contribution in [0.5, 0.6) is 0 Å². The van der Waals surface area contributed by atoms with E-state index in [-0.39, 0.29) is 5.91 Å². The molecule has 1 aromatic heterocycles. The molecule has 0 unspecified atom stereocenters. The predicted molar refractivity (Wildman–Crippen MR) is 93.3 cm³/mol. The van der Waals surface area contributed by atoms with Crippen LogP contribution in [0.2, 0.25) is 0 Å². The first-order valence-electron chi connectivity index (χ1n) is 8.36. The van der Waals surface area contributed by atoms with E-state index in [9.17, 15) is 14.7 Å². The molecule has 1 aliphatic rings. The van der Waals surface area contributed by atoms with Crippen LogP contribution in [0.15, 0.2) is 30.3 Å². The SMILES string of the molecule is Cc1nn(-c2ccccc2)c(C)c1CNC(=O)[C@@H]1[C@H](C(=O)O)C1(C)C. The van der Waals surface area contributed by atoms with E-state index in [2.05, 4.69) is 10.4 Å². The van der Waals surface area contributed by atoms with E-state index >= 15 is 0 Å². The van der Waals surface area contributed by atoms with Crippen molar-refractivity contribution in [1.29, 1.82) is 0 Å². The second-order valence-electron chi connectivity index (χ2n) is 7.23. The molecule has 6 heteroatoms. The Morgan fingerprint density at radius 3 is 2.40 bits per heavy atom. The van der Waals surface area contributed by atoms with Crippen LogP contribution in [0.3, 0.4) is 0 Å². The molecule has 2 atom stereocenters. The summed E-state index contributed by atoms with van der Waals surface area (Å²) in [5.74, 6) is -2.20. The minimum Gasteiger partial charge on any atom is -0.481 e. The van der Waals surface area contributed by atoms with E-state index in [1.165, 1.54) is 0 Å². The summed E-state index contributed by atoms with van der Waals surface area (Å²) in [5, 5.41) is 16.7. The van der Waals surface area contributed by atoms with Gasteiger partial charge in [0.1, 0.15) is 0 Å².